The normalized spacial score (nSPS) is 24.1. The maximum atomic E-state index is 12.4. The van der Waals surface area contributed by atoms with Gasteiger partial charge in [0.25, 0.3) is 5.91 Å². The highest BCUT2D eigenvalue weighted by molar-refractivity contribution is 6.36. The molecule has 0 N–H and O–H groups in total. The fraction of sp³-hybridized carbons (Fsp3) is 0.500. The van der Waals surface area contributed by atoms with Gasteiger partial charge in [-0.15, -0.1) is 0 Å². The first-order valence-corrected chi connectivity index (χ1v) is 6.97. The Kier molecular flexibility index (Phi) is 4.18. The lowest BCUT2D eigenvalue weighted by Crippen LogP contribution is -2.42. The van der Waals surface area contributed by atoms with Gasteiger partial charge in [-0.25, -0.2) is 0 Å². The van der Waals surface area contributed by atoms with Crippen molar-refractivity contribution in [2.75, 3.05) is 13.1 Å². The van der Waals surface area contributed by atoms with E-state index in [1.165, 1.54) is 6.42 Å². The number of amides is 1. The van der Waals surface area contributed by atoms with Gasteiger partial charge in [0.15, 0.2) is 0 Å². The first kappa shape index (κ1) is 13.7. The summed E-state index contributed by atoms with van der Waals surface area (Å²) in [6.07, 6.45) is 1.18. The molecule has 1 aromatic carbocycles. The van der Waals surface area contributed by atoms with Crippen LogP contribution in [0, 0.1) is 11.8 Å². The molecule has 1 aromatic rings. The Morgan fingerprint density at radius 1 is 1.22 bits per heavy atom. The molecule has 0 aromatic heterocycles. The Hall–Kier alpha value is -0.730. The van der Waals surface area contributed by atoms with Crippen LogP contribution in [0.2, 0.25) is 10.0 Å². The van der Waals surface area contributed by atoms with Crippen LogP contribution in [0.1, 0.15) is 30.6 Å². The van der Waals surface area contributed by atoms with Crippen molar-refractivity contribution < 1.29 is 4.79 Å². The predicted molar refractivity (Wildman–Crippen MR) is 75.3 cm³/mol. The molecule has 1 aliphatic rings. The Morgan fingerprint density at radius 3 is 2.39 bits per heavy atom. The van der Waals surface area contributed by atoms with Crippen molar-refractivity contribution in [1.29, 1.82) is 0 Å². The molecule has 0 saturated carbocycles. The molecule has 0 bridgehead atoms. The van der Waals surface area contributed by atoms with Crippen LogP contribution in [0.25, 0.3) is 0 Å². The molecule has 2 rings (SSSR count). The molecule has 0 radical (unpaired) electrons. The number of likely N-dealkylation sites (tertiary alicyclic amines) is 1. The minimum absolute atomic E-state index is 0.00932. The second-order valence-corrected chi connectivity index (χ2v) is 6.12. The van der Waals surface area contributed by atoms with E-state index in [4.69, 9.17) is 23.2 Å². The number of carbonyl (C=O) groups is 1. The van der Waals surface area contributed by atoms with E-state index in [9.17, 15) is 4.79 Å². The summed E-state index contributed by atoms with van der Waals surface area (Å²) in [7, 11) is 0. The fourth-order valence-corrected chi connectivity index (χ4v) is 3.15. The zero-order chi connectivity index (χ0) is 13.3. The van der Waals surface area contributed by atoms with E-state index >= 15 is 0 Å². The number of halogens is 2. The second-order valence-electron chi connectivity index (χ2n) is 5.28. The Labute approximate surface area is 118 Å². The third kappa shape index (κ3) is 2.99. The number of rotatable bonds is 1. The first-order valence-electron chi connectivity index (χ1n) is 6.21. The quantitative estimate of drug-likeness (QED) is 0.760. The number of benzene rings is 1. The van der Waals surface area contributed by atoms with E-state index in [0.717, 1.165) is 13.1 Å². The van der Waals surface area contributed by atoms with E-state index in [2.05, 4.69) is 13.8 Å². The Morgan fingerprint density at radius 2 is 1.83 bits per heavy atom. The van der Waals surface area contributed by atoms with Gasteiger partial charge in [-0.3, -0.25) is 4.79 Å². The van der Waals surface area contributed by atoms with Crippen LogP contribution < -0.4 is 0 Å². The van der Waals surface area contributed by atoms with Crippen molar-refractivity contribution >= 4 is 29.1 Å². The number of hydrogen-bond donors (Lipinski definition) is 0. The minimum Gasteiger partial charge on any atom is -0.338 e. The fourth-order valence-electron chi connectivity index (χ4n) is 2.66. The van der Waals surface area contributed by atoms with Gasteiger partial charge in [0.2, 0.25) is 0 Å². The van der Waals surface area contributed by atoms with E-state index in [0.29, 0.717) is 27.4 Å². The van der Waals surface area contributed by atoms with Crippen molar-refractivity contribution in [2.45, 2.75) is 20.3 Å². The molecule has 1 amide bonds. The van der Waals surface area contributed by atoms with E-state index in [1.54, 1.807) is 18.2 Å². The van der Waals surface area contributed by atoms with E-state index in [1.807, 2.05) is 4.90 Å². The highest BCUT2D eigenvalue weighted by Crippen LogP contribution is 2.26. The molecule has 2 nitrogen and oxygen atoms in total. The molecule has 98 valence electrons. The predicted octanol–water partition coefficient (Wildman–Crippen LogP) is 4.11. The van der Waals surface area contributed by atoms with Gasteiger partial charge in [0.05, 0.1) is 10.6 Å². The molecule has 0 spiro atoms. The molecule has 1 saturated heterocycles. The van der Waals surface area contributed by atoms with Crippen LogP contribution in [-0.4, -0.2) is 23.9 Å². The molecule has 0 aliphatic carbocycles. The van der Waals surface area contributed by atoms with Crippen LogP contribution in [0.5, 0.6) is 0 Å². The Bertz CT molecular complexity index is 451. The van der Waals surface area contributed by atoms with Crippen molar-refractivity contribution in [2.24, 2.45) is 11.8 Å². The van der Waals surface area contributed by atoms with Crippen molar-refractivity contribution in [3.05, 3.63) is 33.8 Å². The summed E-state index contributed by atoms with van der Waals surface area (Å²) in [4.78, 5) is 14.3. The molecule has 1 aliphatic heterocycles. The van der Waals surface area contributed by atoms with Crippen LogP contribution in [-0.2, 0) is 0 Å². The van der Waals surface area contributed by atoms with Gasteiger partial charge in [0.1, 0.15) is 0 Å². The largest absolute Gasteiger partial charge is 0.338 e. The Balaban J connectivity index is 2.20. The van der Waals surface area contributed by atoms with Crippen LogP contribution in [0.3, 0.4) is 0 Å². The number of piperidine rings is 1. The van der Waals surface area contributed by atoms with E-state index < -0.39 is 0 Å². The molecular weight excluding hydrogens is 269 g/mol. The van der Waals surface area contributed by atoms with Gasteiger partial charge in [-0.1, -0.05) is 37.0 Å². The molecular formula is C14H17Cl2NO. The molecule has 1 fully saturated rings. The first-order chi connectivity index (χ1) is 8.47. The van der Waals surface area contributed by atoms with Gasteiger partial charge in [0, 0.05) is 18.1 Å². The summed E-state index contributed by atoms with van der Waals surface area (Å²) in [6.45, 7) is 5.98. The third-order valence-electron chi connectivity index (χ3n) is 3.32. The summed E-state index contributed by atoms with van der Waals surface area (Å²) >= 11 is 11.9. The lowest BCUT2D eigenvalue weighted by atomic mass is 9.91. The van der Waals surface area contributed by atoms with Gasteiger partial charge >= 0.3 is 0 Å². The minimum atomic E-state index is 0.00932. The van der Waals surface area contributed by atoms with Crippen molar-refractivity contribution in [3.8, 4) is 0 Å². The number of hydrogen-bond acceptors (Lipinski definition) is 1. The summed E-state index contributed by atoms with van der Waals surface area (Å²) in [5.41, 5.74) is 0.544. The van der Waals surface area contributed by atoms with Gasteiger partial charge < -0.3 is 4.90 Å². The van der Waals surface area contributed by atoms with Crippen LogP contribution in [0.15, 0.2) is 18.2 Å². The van der Waals surface area contributed by atoms with Crippen molar-refractivity contribution in [1.82, 2.24) is 4.90 Å². The molecule has 1 heterocycles. The SMILES string of the molecule is C[C@H]1C[C@H](C)CN(C(=O)c2ccc(Cl)cc2Cl)C1. The zero-order valence-electron chi connectivity index (χ0n) is 10.6. The zero-order valence-corrected chi connectivity index (χ0v) is 12.1. The average molecular weight is 286 g/mol. The summed E-state index contributed by atoms with van der Waals surface area (Å²) in [5, 5.41) is 0.982. The number of nitrogens with zero attached hydrogens (tertiary/aromatic N) is 1. The van der Waals surface area contributed by atoms with Gasteiger partial charge in [-0.05, 0) is 36.5 Å². The van der Waals surface area contributed by atoms with E-state index in [-0.39, 0.29) is 5.91 Å². The highest BCUT2D eigenvalue weighted by Gasteiger charge is 2.27. The summed E-state index contributed by atoms with van der Waals surface area (Å²) in [6, 6.07) is 5.03. The maximum absolute atomic E-state index is 12.4. The lowest BCUT2D eigenvalue weighted by Gasteiger charge is -2.35. The van der Waals surface area contributed by atoms with Crippen LogP contribution >= 0.6 is 23.2 Å². The number of carbonyl (C=O) groups excluding carboxylic acids is 1. The summed E-state index contributed by atoms with van der Waals surface area (Å²) < 4.78 is 0. The average Bonchev–Trinajstić information content (AvgIpc) is 2.26. The highest BCUT2D eigenvalue weighted by atomic mass is 35.5. The van der Waals surface area contributed by atoms with Gasteiger partial charge in [-0.2, -0.15) is 0 Å². The molecule has 2 atom stereocenters. The van der Waals surface area contributed by atoms with Crippen molar-refractivity contribution in [3.63, 3.8) is 0 Å². The molecule has 4 heteroatoms. The second kappa shape index (κ2) is 5.50. The maximum Gasteiger partial charge on any atom is 0.255 e. The molecule has 18 heavy (non-hydrogen) atoms. The standard InChI is InChI=1S/C14H17Cl2NO/c1-9-5-10(2)8-17(7-9)14(18)12-4-3-11(15)6-13(12)16/h3-4,6,9-10H,5,7-8H2,1-2H3/t9-,10-/m0/s1. The lowest BCUT2D eigenvalue weighted by molar-refractivity contribution is 0.0623. The monoisotopic (exact) mass is 285 g/mol. The smallest absolute Gasteiger partial charge is 0.255 e. The topological polar surface area (TPSA) is 20.3 Å². The summed E-state index contributed by atoms with van der Waals surface area (Å²) in [5.74, 6) is 1.10. The molecule has 0 unspecified atom stereocenters. The van der Waals surface area contributed by atoms with Crippen LogP contribution in [0.4, 0.5) is 0 Å². The third-order valence-corrected chi connectivity index (χ3v) is 3.87.